The molecule has 0 N–H and O–H groups in total. The van der Waals surface area contributed by atoms with Crippen molar-refractivity contribution < 1.29 is 13.3 Å². The van der Waals surface area contributed by atoms with Gasteiger partial charge in [0.2, 0.25) is 10.0 Å². The summed E-state index contributed by atoms with van der Waals surface area (Å²) < 4.78 is 26.6. The predicted molar refractivity (Wildman–Crippen MR) is 101 cm³/mol. The minimum atomic E-state index is -3.70. The molecule has 0 spiro atoms. The van der Waals surface area contributed by atoms with E-state index in [-0.39, 0.29) is 23.7 Å². The molecule has 0 bridgehead atoms. The fourth-order valence-corrected chi connectivity index (χ4v) is 3.53. The fraction of sp³-hybridized carbons (Fsp3) is 0.158. The first kappa shape index (κ1) is 19.4. The molecule has 0 unspecified atom stereocenters. The average Bonchev–Trinajstić information content (AvgIpc) is 2.61. The van der Waals surface area contributed by atoms with Crippen molar-refractivity contribution in [1.82, 2.24) is 4.31 Å². The molecule has 0 saturated heterocycles. The second-order valence-corrected chi connectivity index (χ2v) is 7.50. The largest absolute Gasteiger partial charge is 0.269 e. The van der Waals surface area contributed by atoms with Crippen molar-refractivity contribution in [2.24, 2.45) is 0 Å². The zero-order valence-electron chi connectivity index (χ0n) is 14.2. The van der Waals surface area contributed by atoms with Crippen LogP contribution in [0.3, 0.4) is 0 Å². The van der Waals surface area contributed by atoms with Gasteiger partial charge in [-0.1, -0.05) is 35.8 Å². The van der Waals surface area contributed by atoms with Gasteiger partial charge >= 0.3 is 0 Å². The number of nitro groups is 1. The molecule has 2 aromatic rings. The number of terminal acetylenes is 1. The van der Waals surface area contributed by atoms with Crippen LogP contribution < -0.4 is 0 Å². The Balaban J connectivity index is 2.16. The Morgan fingerprint density at radius 2 is 1.77 bits per heavy atom. The van der Waals surface area contributed by atoms with Gasteiger partial charge in [-0.25, -0.2) is 8.42 Å². The molecule has 0 aliphatic carbocycles. The van der Waals surface area contributed by atoms with Crippen molar-refractivity contribution in [3.63, 3.8) is 0 Å². The summed E-state index contributed by atoms with van der Waals surface area (Å²) in [6.07, 6.45) is 8.66. The third-order valence-corrected chi connectivity index (χ3v) is 5.48. The summed E-state index contributed by atoms with van der Waals surface area (Å²) >= 11 is 0. The zero-order chi connectivity index (χ0) is 19.2. The number of aryl methyl sites for hydroxylation is 1. The van der Waals surface area contributed by atoms with Crippen molar-refractivity contribution in [3.05, 3.63) is 75.8 Å². The van der Waals surface area contributed by atoms with E-state index < -0.39 is 14.9 Å². The monoisotopic (exact) mass is 370 g/mol. The van der Waals surface area contributed by atoms with E-state index in [0.717, 1.165) is 11.1 Å². The van der Waals surface area contributed by atoms with Gasteiger partial charge in [0.05, 0.1) is 16.4 Å². The van der Waals surface area contributed by atoms with E-state index in [2.05, 4.69) is 5.92 Å². The van der Waals surface area contributed by atoms with E-state index in [1.54, 1.807) is 48.6 Å². The van der Waals surface area contributed by atoms with Gasteiger partial charge in [-0.2, -0.15) is 4.31 Å². The topological polar surface area (TPSA) is 80.5 Å². The molecule has 0 atom stereocenters. The Kier molecular flexibility index (Phi) is 6.28. The lowest BCUT2D eigenvalue weighted by atomic mass is 10.2. The lowest BCUT2D eigenvalue weighted by molar-refractivity contribution is -0.384. The molecule has 0 aliphatic rings. The summed E-state index contributed by atoms with van der Waals surface area (Å²) in [6, 6.07) is 12.5. The van der Waals surface area contributed by atoms with Crippen LogP contribution in [-0.2, 0) is 10.0 Å². The molecule has 134 valence electrons. The van der Waals surface area contributed by atoms with Crippen LogP contribution in [0, 0.1) is 29.4 Å². The van der Waals surface area contributed by atoms with Crippen LogP contribution in [-0.4, -0.2) is 30.7 Å². The predicted octanol–water partition coefficient (Wildman–Crippen LogP) is 3.24. The van der Waals surface area contributed by atoms with Gasteiger partial charge in [-0.15, -0.1) is 6.42 Å². The Labute approximate surface area is 153 Å². The Bertz CT molecular complexity index is 941. The van der Waals surface area contributed by atoms with Gasteiger partial charge in [0, 0.05) is 18.7 Å². The molecule has 0 heterocycles. The Morgan fingerprint density at radius 1 is 1.15 bits per heavy atom. The van der Waals surface area contributed by atoms with Gasteiger partial charge < -0.3 is 0 Å². The van der Waals surface area contributed by atoms with Crippen LogP contribution in [0.25, 0.3) is 6.08 Å². The highest BCUT2D eigenvalue weighted by atomic mass is 32.2. The third kappa shape index (κ3) is 4.79. The SMILES string of the molecule is C#CCN(C/C=C/c1ccc([N+](=O)[O-])cc1)S(=O)(=O)c1ccc(C)cc1. The molecule has 2 rings (SSSR count). The van der Waals surface area contributed by atoms with Gasteiger partial charge in [-0.3, -0.25) is 10.1 Å². The molecular weight excluding hydrogens is 352 g/mol. The third-order valence-electron chi connectivity index (χ3n) is 3.65. The number of benzene rings is 2. The first-order valence-corrected chi connectivity index (χ1v) is 9.20. The van der Waals surface area contributed by atoms with Crippen LogP contribution >= 0.6 is 0 Å². The fourth-order valence-electron chi connectivity index (χ4n) is 2.22. The van der Waals surface area contributed by atoms with Crippen LogP contribution in [0.5, 0.6) is 0 Å². The van der Waals surface area contributed by atoms with Crippen molar-refractivity contribution in [1.29, 1.82) is 0 Å². The summed E-state index contributed by atoms with van der Waals surface area (Å²) in [6.45, 7) is 1.92. The number of hydrogen-bond donors (Lipinski definition) is 0. The number of nitro benzene ring substituents is 1. The van der Waals surface area contributed by atoms with Gasteiger partial charge in [0.15, 0.2) is 0 Å². The molecule has 0 amide bonds. The Hall–Kier alpha value is -2.95. The summed E-state index contributed by atoms with van der Waals surface area (Å²) in [5, 5.41) is 10.6. The summed E-state index contributed by atoms with van der Waals surface area (Å²) in [5.74, 6) is 2.36. The molecule has 2 aromatic carbocycles. The minimum absolute atomic E-state index is 0.00180. The minimum Gasteiger partial charge on any atom is -0.258 e. The smallest absolute Gasteiger partial charge is 0.258 e. The molecular formula is C19H18N2O4S. The number of non-ortho nitro benzene ring substituents is 1. The molecule has 7 heteroatoms. The number of rotatable bonds is 7. The highest BCUT2D eigenvalue weighted by molar-refractivity contribution is 7.89. The lowest BCUT2D eigenvalue weighted by Crippen LogP contribution is -2.31. The summed E-state index contributed by atoms with van der Waals surface area (Å²) in [5.41, 5.74) is 1.69. The van der Waals surface area contributed by atoms with Gasteiger partial charge in [-0.05, 0) is 36.8 Å². The van der Waals surface area contributed by atoms with E-state index in [0.29, 0.717) is 0 Å². The van der Waals surface area contributed by atoms with E-state index in [1.165, 1.54) is 16.4 Å². The lowest BCUT2D eigenvalue weighted by Gasteiger charge is -2.18. The van der Waals surface area contributed by atoms with E-state index >= 15 is 0 Å². The molecule has 0 saturated carbocycles. The standard InChI is InChI=1S/C19H18N2O4S/c1-3-14-20(26(24,25)19-12-6-16(2)7-13-19)15-4-5-17-8-10-18(11-9-17)21(22)23/h1,4-13H,14-15H2,2H3/b5-4+. The second kappa shape index (κ2) is 8.43. The van der Waals surface area contributed by atoms with E-state index in [9.17, 15) is 18.5 Å². The molecule has 0 fully saturated rings. The van der Waals surface area contributed by atoms with Crippen LogP contribution in [0.1, 0.15) is 11.1 Å². The van der Waals surface area contributed by atoms with Crippen molar-refractivity contribution in [2.45, 2.75) is 11.8 Å². The second-order valence-electron chi connectivity index (χ2n) is 5.57. The van der Waals surface area contributed by atoms with Gasteiger partial charge in [0.1, 0.15) is 0 Å². The Morgan fingerprint density at radius 3 is 2.31 bits per heavy atom. The maximum absolute atomic E-state index is 12.7. The quantitative estimate of drug-likeness (QED) is 0.426. The summed E-state index contributed by atoms with van der Waals surface area (Å²) in [7, 11) is -3.70. The number of nitrogens with zero attached hydrogens (tertiary/aromatic N) is 2. The molecule has 0 aliphatic heterocycles. The van der Waals surface area contributed by atoms with Crippen molar-refractivity contribution in [2.75, 3.05) is 13.1 Å². The highest BCUT2D eigenvalue weighted by Gasteiger charge is 2.22. The first-order valence-electron chi connectivity index (χ1n) is 7.76. The number of sulfonamides is 1. The van der Waals surface area contributed by atoms with Crippen LogP contribution in [0.4, 0.5) is 5.69 Å². The van der Waals surface area contributed by atoms with E-state index in [1.807, 2.05) is 6.92 Å². The van der Waals surface area contributed by atoms with Crippen molar-refractivity contribution >= 4 is 21.8 Å². The van der Waals surface area contributed by atoms with E-state index in [4.69, 9.17) is 6.42 Å². The van der Waals surface area contributed by atoms with Crippen LogP contribution in [0.15, 0.2) is 59.5 Å². The normalized spacial score (nSPS) is 11.6. The number of hydrogen-bond acceptors (Lipinski definition) is 4. The van der Waals surface area contributed by atoms with Crippen molar-refractivity contribution in [3.8, 4) is 12.3 Å². The molecule has 26 heavy (non-hydrogen) atoms. The maximum Gasteiger partial charge on any atom is 0.269 e. The first-order chi connectivity index (χ1) is 12.3. The summed E-state index contributed by atoms with van der Waals surface area (Å²) in [4.78, 5) is 10.4. The molecule has 6 nitrogen and oxygen atoms in total. The molecule has 0 aromatic heterocycles. The maximum atomic E-state index is 12.7. The van der Waals surface area contributed by atoms with Gasteiger partial charge in [0.25, 0.3) is 5.69 Å². The zero-order valence-corrected chi connectivity index (χ0v) is 15.0. The molecule has 0 radical (unpaired) electrons. The van der Waals surface area contributed by atoms with Crippen LogP contribution in [0.2, 0.25) is 0 Å². The highest BCUT2D eigenvalue weighted by Crippen LogP contribution is 2.17. The average molecular weight is 370 g/mol.